The van der Waals surface area contributed by atoms with Crippen LogP contribution in [0.4, 0.5) is 0 Å². The Morgan fingerprint density at radius 3 is 2.59 bits per heavy atom. The van der Waals surface area contributed by atoms with Gasteiger partial charge in [0.2, 0.25) is 0 Å². The zero-order chi connectivity index (χ0) is 19.1. The molecule has 1 unspecified atom stereocenters. The predicted molar refractivity (Wildman–Crippen MR) is 98.0 cm³/mol. The number of hydrogen-bond acceptors (Lipinski definition) is 6. The lowest BCUT2D eigenvalue weighted by Gasteiger charge is -2.11. The molecule has 1 atom stereocenters. The molecule has 1 fully saturated rings. The number of para-hydroxylation sites is 1. The number of ether oxygens (including phenoxy) is 4. The number of carbonyl (C=O) groups excluding carboxylic acids is 2. The number of aryl methyl sites for hydroxylation is 1. The Hall–Kier alpha value is -2.86. The van der Waals surface area contributed by atoms with Crippen molar-refractivity contribution in [3.05, 3.63) is 59.7 Å². The monoisotopic (exact) mass is 370 g/mol. The lowest BCUT2D eigenvalue weighted by Crippen LogP contribution is -2.18. The second-order valence-electron chi connectivity index (χ2n) is 6.29. The summed E-state index contributed by atoms with van der Waals surface area (Å²) in [6, 6.07) is 13.6. The van der Waals surface area contributed by atoms with E-state index in [9.17, 15) is 9.59 Å². The summed E-state index contributed by atoms with van der Waals surface area (Å²) >= 11 is 0. The number of hydrogen-bond donors (Lipinski definition) is 0. The zero-order valence-corrected chi connectivity index (χ0v) is 15.2. The maximum absolute atomic E-state index is 12.0. The van der Waals surface area contributed by atoms with Gasteiger partial charge in [-0.3, -0.25) is 0 Å². The van der Waals surface area contributed by atoms with Gasteiger partial charge in [-0.05, 0) is 55.7 Å². The van der Waals surface area contributed by atoms with Gasteiger partial charge in [-0.1, -0.05) is 18.2 Å². The van der Waals surface area contributed by atoms with Gasteiger partial charge in [0.15, 0.2) is 6.61 Å². The van der Waals surface area contributed by atoms with Gasteiger partial charge >= 0.3 is 11.9 Å². The zero-order valence-electron chi connectivity index (χ0n) is 15.2. The highest BCUT2D eigenvalue weighted by atomic mass is 16.6. The molecule has 0 N–H and O–H groups in total. The molecule has 0 radical (unpaired) electrons. The number of benzene rings is 2. The lowest BCUT2D eigenvalue weighted by atomic mass is 10.2. The first-order valence-electron chi connectivity index (χ1n) is 8.90. The molecule has 6 nitrogen and oxygen atoms in total. The standard InChI is InChI=1S/C21H22O6/c1-15-5-2-3-7-19(15)25-14-20(22)27-17-10-8-16(9-11-17)21(23)26-13-18-6-4-12-24-18/h2-3,5,7-11,18H,4,6,12-14H2,1H3. The molecule has 0 aliphatic carbocycles. The van der Waals surface area contributed by atoms with E-state index in [1.165, 1.54) is 0 Å². The molecule has 1 aliphatic heterocycles. The quantitative estimate of drug-likeness (QED) is 0.550. The van der Waals surface area contributed by atoms with Crippen molar-refractivity contribution in [1.29, 1.82) is 0 Å². The molecule has 3 rings (SSSR count). The molecular formula is C21H22O6. The average Bonchev–Trinajstić information content (AvgIpc) is 3.20. The number of carbonyl (C=O) groups is 2. The predicted octanol–water partition coefficient (Wildman–Crippen LogP) is 3.32. The van der Waals surface area contributed by atoms with Crippen LogP contribution in [0.15, 0.2) is 48.5 Å². The van der Waals surface area contributed by atoms with Gasteiger partial charge in [-0.15, -0.1) is 0 Å². The van der Waals surface area contributed by atoms with Crippen LogP contribution < -0.4 is 9.47 Å². The first-order valence-corrected chi connectivity index (χ1v) is 8.90. The first kappa shape index (κ1) is 18.9. The maximum Gasteiger partial charge on any atom is 0.349 e. The van der Waals surface area contributed by atoms with E-state index in [0.717, 1.165) is 25.0 Å². The summed E-state index contributed by atoms with van der Waals surface area (Å²) in [5.74, 6) is 0.0288. The molecule has 0 spiro atoms. The van der Waals surface area contributed by atoms with Crippen molar-refractivity contribution in [1.82, 2.24) is 0 Å². The molecule has 142 valence electrons. The topological polar surface area (TPSA) is 71.1 Å². The Labute approximate surface area is 158 Å². The van der Waals surface area contributed by atoms with Crippen molar-refractivity contribution in [2.75, 3.05) is 19.8 Å². The van der Waals surface area contributed by atoms with E-state index >= 15 is 0 Å². The Morgan fingerprint density at radius 1 is 1.11 bits per heavy atom. The molecule has 1 heterocycles. The van der Waals surface area contributed by atoms with Crippen LogP contribution in [0.5, 0.6) is 11.5 Å². The highest BCUT2D eigenvalue weighted by Crippen LogP contribution is 2.18. The van der Waals surface area contributed by atoms with Crippen LogP contribution in [-0.2, 0) is 14.3 Å². The van der Waals surface area contributed by atoms with Gasteiger partial charge in [-0.2, -0.15) is 0 Å². The highest BCUT2D eigenvalue weighted by Gasteiger charge is 2.18. The van der Waals surface area contributed by atoms with Crippen molar-refractivity contribution in [3.63, 3.8) is 0 Å². The fraction of sp³-hybridized carbons (Fsp3) is 0.333. The first-order chi connectivity index (χ1) is 13.1. The van der Waals surface area contributed by atoms with E-state index in [4.69, 9.17) is 18.9 Å². The average molecular weight is 370 g/mol. The van der Waals surface area contributed by atoms with Gasteiger partial charge in [0, 0.05) is 6.61 Å². The van der Waals surface area contributed by atoms with Crippen molar-refractivity contribution >= 4 is 11.9 Å². The molecular weight excluding hydrogens is 348 g/mol. The number of esters is 2. The van der Waals surface area contributed by atoms with Crippen molar-refractivity contribution in [2.45, 2.75) is 25.9 Å². The van der Waals surface area contributed by atoms with E-state index in [1.54, 1.807) is 30.3 Å². The fourth-order valence-electron chi connectivity index (χ4n) is 2.70. The third-order valence-corrected chi connectivity index (χ3v) is 4.19. The van der Waals surface area contributed by atoms with Crippen LogP contribution >= 0.6 is 0 Å². The second kappa shape index (κ2) is 9.19. The normalized spacial score (nSPS) is 16.0. The molecule has 2 aromatic carbocycles. The highest BCUT2D eigenvalue weighted by molar-refractivity contribution is 5.89. The third-order valence-electron chi connectivity index (χ3n) is 4.19. The molecule has 1 aliphatic rings. The molecule has 1 saturated heterocycles. The Balaban J connectivity index is 1.45. The molecule has 6 heteroatoms. The Bertz CT molecular complexity index is 778. The largest absolute Gasteiger partial charge is 0.482 e. The smallest absolute Gasteiger partial charge is 0.349 e. The van der Waals surface area contributed by atoms with E-state index in [1.807, 2.05) is 25.1 Å². The van der Waals surface area contributed by atoms with E-state index in [0.29, 0.717) is 17.1 Å². The van der Waals surface area contributed by atoms with Gasteiger partial charge in [0.1, 0.15) is 18.1 Å². The summed E-state index contributed by atoms with van der Waals surface area (Å²) in [7, 11) is 0. The molecule has 0 amide bonds. The Kier molecular flexibility index (Phi) is 6.44. The summed E-state index contributed by atoms with van der Waals surface area (Å²) in [5.41, 5.74) is 1.33. The van der Waals surface area contributed by atoms with Crippen LogP contribution in [-0.4, -0.2) is 37.9 Å². The van der Waals surface area contributed by atoms with Crippen molar-refractivity contribution in [3.8, 4) is 11.5 Å². The summed E-state index contributed by atoms with van der Waals surface area (Å²) in [6.45, 7) is 2.68. The minimum Gasteiger partial charge on any atom is -0.482 e. The van der Waals surface area contributed by atoms with Gasteiger partial charge in [0.25, 0.3) is 0 Å². The van der Waals surface area contributed by atoms with Gasteiger partial charge < -0.3 is 18.9 Å². The maximum atomic E-state index is 12.0. The molecule has 0 bridgehead atoms. The van der Waals surface area contributed by atoms with Gasteiger partial charge in [0.05, 0.1) is 11.7 Å². The van der Waals surface area contributed by atoms with Crippen LogP contribution in [0.2, 0.25) is 0 Å². The molecule has 0 aromatic heterocycles. The molecule has 0 saturated carbocycles. The number of rotatable bonds is 7. The summed E-state index contributed by atoms with van der Waals surface area (Å²) < 4.78 is 21.3. The third kappa shape index (κ3) is 5.56. The summed E-state index contributed by atoms with van der Waals surface area (Å²) in [4.78, 5) is 23.9. The molecule has 27 heavy (non-hydrogen) atoms. The van der Waals surface area contributed by atoms with Crippen molar-refractivity contribution in [2.24, 2.45) is 0 Å². The van der Waals surface area contributed by atoms with E-state index < -0.39 is 11.9 Å². The summed E-state index contributed by atoms with van der Waals surface area (Å²) in [5, 5.41) is 0. The van der Waals surface area contributed by atoms with Gasteiger partial charge in [-0.25, -0.2) is 9.59 Å². The SMILES string of the molecule is Cc1ccccc1OCC(=O)Oc1ccc(C(=O)OCC2CCCO2)cc1. The minimum absolute atomic E-state index is 0.0116. The second-order valence-corrected chi connectivity index (χ2v) is 6.29. The molecule has 2 aromatic rings. The minimum atomic E-state index is -0.521. The van der Waals surface area contributed by atoms with Crippen LogP contribution in [0.25, 0.3) is 0 Å². The lowest BCUT2D eigenvalue weighted by molar-refractivity contribution is -0.136. The van der Waals surface area contributed by atoms with Crippen LogP contribution in [0.3, 0.4) is 0 Å². The fourth-order valence-corrected chi connectivity index (χ4v) is 2.70. The Morgan fingerprint density at radius 2 is 1.89 bits per heavy atom. The van der Waals surface area contributed by atoms with Crippen LogP contribution in [0.1, 0.15) is 28.8 Å². The summed E-state index contributed by atoms with van der Waals surface area (Å²) in [6.07, 6.45) is 1.89. The van der Waals surface area contributed by atoms with E-state index in [2.05, 4.69) is 0 Å². The van der Waals surface area contributed by atoms with Crippen LogP contribution in [0, 0.1) is 6.92 Å². The van der Waals surface area contributed by atoms with E-state index in [-0.39, 0.29) is 19.3 Å². The van der Waals surface area contributed by atoms with Crippen molar-refractivity contribution < 1.29 is 28.5 Å².